The predicted molar refractivity (Wildman–Crippen MR) is 75.8 cm³/mol. The second-order valence-electron chi connectivity index (χ2n) is 4.98. The van der Waals surface area contributed by atoms with E-state index in [9.17, 15) is 0 Å². The van der Waals surface area contributed by atoms with Crippen molar-refractivity contribution in [2.24, 2.45) is 0 Å². The Kier molecular flexibility index (Phi) is 2.45. The van der Waals surface area contributed by atoms with E-state index in [-0.39, 0.29) is 0 Å². The molecule has 0 N–H and O–H groups in total. The Morgan fingerprint density at radius 1 is 0.941 bits per heavy atom. The highest BCUT2D eigenvalue weighted by atomic mass is 31.2. The van der Waals surface area contributed by atoms with Crippen LogP contribution >= 0.6 is 7.26 Å². The van der Waals surface area contributed by atoms with Crippen molar-refractivity contribution in [1.29, 1.82) is 0 Å². The zero-order chi connectivity index (χ0) is 11.9. The minimum Gasteiger partial charge on any atom is -0.455 e. The fourth-order valence-corrected chi connectivity index (χ4v) is 4.59. The Balaban J connectivity index is 2.24. The van der Waals surface area contributed by atoms with Gasteiger partial charge in [0, 0.05) is 5.56 Å². The molecule has 2 heteroatoms. The SMILES string of the molecule is C[P+]1(C)COc2cccc(-c3ccccc3)c21. The summed E-state index contributed by atoms with van der Waals surface area (Å²) in [5, 5.41) is 1.45. The van der Waals surface area contributed by atoms with Gasteiger partial charge in [-0.1, -0.05) is 42.5 Å². The second-order valence-corrected chi connectivity index (χ2v) is 9.05. The summed E-state index contributed by atoms with van der Waals surface area (Å²) in [7, 11) is -1.11. The monoisotopic (exact) mass is 243 g/mol. The van der Waals surface area contributed by atoms with Gasteiger partial charge in [0.05, 0.1) is 20.6 Å². The predicted octanol–water partition coefficient (Wildman–Crippen LogP) is 3.61. The van der Waals surface area contributed by atoms with Crippen LogP contribution in [0, 0.1) is 0 Å². The first-order valence-corrected chi connectivity index (χ1v) is 8.70. The molecule has 0 aliphatic carbocycles. The maximum Gasteiger partial charge on any atom is 0.200 e. The van der Waals surface area contributed by atoms with E-state index in [1.165, 1.54) is 16.4 Å². The summed E-state index contributed by atoms with van der Waals surface area (Å²) in [6, 6.07) is 17.0. The zero-order valence-corrected chi connectivity index (χ0v) is 11.1. The van der Waals surface area contributed by atoms with Crippen LogP contribution in [0.4, 0.5) is 0 Å². The van der Waals surface area contributed by atoms with Crippen LogP contribution in [0.5, 0.6) is 5.75 Å². The Bertz CT molecular complexity index is 546. The maximum atomic E-state index is 5.83. The Morgan fingerprint density at radius 2 is 1.71 bits per heavy atom. The van der Waals surface area contributed by atoms with Crippen LogP contribution < -0.4 is 10.0 Å². The summed E-state index contributed by atoms with van der Waals surface area (Å²) >= 11 is 0. The van der Waals surface area contributed by atoms with Gasteiger partial charge in [0.2, 0.25) is 6.35 Å². The van der Waals surface area contributed by atoms with Crippen molar-refractivity contribution >= 4 is 12.6 Å². The summed E-state index contributed by atoms with van der Waals surface area (Å²) in [5.74, 6) is 1.09. The molecule has 0 bridgehead atoms. The van der Waals surface area contributed by atoms with E-state index in [0.717, 1.165) is 12.1 Å². The van der Waals surface area contributed by atoms with E-state index < -0.39 is 7.26 Å². The molecule has 3 rings (SSSR count). The summed E-state index contributed by atoms with van der Waals surface area (Å²) in [4.78, 5) is 0. The van der Waals surface area contributed by atoms with Crippen molar-refractivity contribution in [3.05, 3.63) is 48.5 Å². The molecule has 17 heavy (non-hydrogen) atoms. The molecule has 0 fully saturated rings. The molecule has 0 atom stereocenters. The van der Waals surface area contributed by atoms with Gasteiger partial charge in [-0.2, -0.15) is 0 Å². The van der Waals surface area contributed by atoms with Gasteiger partial charge in [-0.3, -0.25) is 0 Å². The lowest BCUT2D eigenvalue weighted by Gasteiger charge is -2.12. The number of hydrogen-bond donors (Lipinski definition) is 0. The van der Waals surface area contributed by atoms with E-state index in [4.69, 9.17) is 4.74 Å². The first-order valence-electron chi connectivity index (χ1n) is 5.83. The lowest BCUT2D eigenvalue weighted by molar-refractivity contribution is 0.401. The molecular weight excluding hydrogens is 227 g/mol. The van der Waals surface area contributed by atoms with Crippen molar-refractivity contribution in [3.63, 3.8) is 0 Å². The van der Waals surface area contributed by atoms with E-state index in [1.807, 2.05) is 0 Å². The Hall–Kier alpha value is -1.33. The summed E-state index contributed by atoms with van der Waals surface area (Å²) in [6.07, 6.45) is 0.881. The molecule has 0 aromatic heterocycles. The average molecular weight is 243 g/mol. The van der Waals surface area contributed by atoms with Crippen molar-refractivity contribution in [2.45, 2.75) is 0 Å². The standard InChI is InChI=1S/C15H16OP/c1-17(2)11-16-14-10-6-9-13(15(14)17)12-7-4-3-5-8-12/h3-10H,11H2,1-2H3/q+1. The first-order chi connectivity index (χ1) is 8.18. The molecule has 0 unspecified atom stereocenters. The van der Waals surface area contributed by atoms with Crippen molar-refractivity contribution in [1.82, 2.24) is 0 Å². The largest absolute Gasteiger partial charge is 0.455 e. The number of hydrogen-bond acceptors (Lipinski definition) is 1. The summed E-state index contributed by atoms with van der Waals surface area (Å²) in [5.41, 5.74) is 2.64. The molecule has 1 nitrogen and oxygen atoms in total. The third kappa shape index (κ3) is 1.75. The Morgan fingerprint density at radius 3 is 2.47 bits per heavy atom. The van der Waals surface area contributed by atoms with Crippen molar-refractivity contribution in [2.75, 3.05) is 19.7 Å². The fraction of sp³-hybridized carbons (Fsp3) is 0.200. The summed E-state index contributed by atoms with van der Waals surface area (Å²) in [6.45, 7) is 4.70. The van der Waals surface area contributed by atoms with Gasteiger partial charge in [-0.15, -0.1) is 0 Å². The van der Waals surface area contributed by atoms with E-state index in [1.54, 1.807) is 0 Å². The molecule has 86 valence electrons. The highest BCUT2D eigenvalue weighted by molar-refractivity contribution is 7.82. The molecule has 0 saturated carbocycles. The van der Waals surface area contributed by atoms with Gasteiger partial charge >= 0.3 is 0 Å². The van der Waals surface area contributed by atoms with Crippen molar-refractivity contribution in [3.8, 4) is 16.9 Å². The van der Waals surface area contributed by atoms with Gasteiger partial charge in [0.15, 0.2) is 5.75 Å². The zero-order valence-electron chi connectivity index (χ0n) is 10.2. The number of benzene rings is 2. The van der Waals surface area contributed by atoms with Crippen LogP contribution in [0.1, 0.15) is 0 Å². The highest BCUT2D eigenvalue weighted by Gasteiger charge is 2.41. The molecule has 2 aromatic rings. The molecule has 0 radical (unpaired) electrons. The van der Waals surface area contributed by atoms with Gasteiger partial charge in [-0.25, -0.2) is 0 Å². The van der Waals surface area contributed by atoms with Gasteiger partial charge < -0.3 is 4.74 Å². The number of rotatable bonds is 1. The molecule has 1 heterocycles. The van der Waals surface area contributed by atoms with Crippen LogP contribution in [0.15, 0.2) is 48.5 Å². The first kappa shape index (κ1) is 10.8. The lowest BCUT2D eigenvalue weighted by Crippen LogP contribution is -2.08. The van der Waals surface area contributed by atoms with Crippen LogP contribution in [0.2, 0.25) is 0 Å². The third-order valence-electron chi connectivity index (χ3n) is 3.23. The molecular formula is C15H16OP+. The smallest absolute Gasteiger partial charge is 0.200 e. The topological polar surface area (TPSA) is 9.23 Å². The molecule has 0 spiro atoms. The Labute approximate surface area is 103 Å². The summed E-state index contributed by atoms with van der Waals surface area (Å²) < 4.78 is 5.83. The second kappa shape index (κ2) is 3.85. The average Bonchev–Trinajstić information content (AvgIpc) is 2.67. The minimum atomic E-state index is -1.11. The molecule has 0 saturated heterocycles. The number of fused-ring (bicyclic) bond motifs is 1. The van der Waals surface area contributed by atoms with Crippen LogP contribution in [0.3, 0.4) is 0 Å². The minimum absolute atomic E-state index is 0.881. The van der Waals surface area contributed by atoms with Crippen LogP contribution in [-0.4, -0.2) is 19.7 Å². The van der Waals surface area contributed by atoms with Gasteiger partial charge in [-0.05, 0) is 11.6 Å². The van der Waals surface area contributed by atoms with Crippen LogP contribution in [-0.2, 0) is 0 Å². The normalized spacial score (nSPS) is 16.4. The molecule has 1 aliphatic heterocycles. The van der Waals surface area contributed by atoms with E-state index >= 15 is 0 Å². The van der Waals surface area contributed by atoms with E-state index in [0.29, 0.717) is 0 Å². The number of ether oxygens (including phenoxy) is 1. The maximum absolute atomic E-state index is 5.83. The van der Waals surface area contributed by atoms with Gasteiger partial charge in [0.1, 0.15) is 5.30 Å². The van der Waals surface area contributed by atoms with Crippen LogP contribution in [0.25, 0.3) is 11.1 Å². The third-order valence-corrected chi connectivity index (χ3v) is 5.68. The highest BCUT2D eigenvalue weighted by Crippen LogP contribution is 2.58. The molecule has 1 aliphatic rings. The molecule has 2 aromatic carbocycles. The fourth-order valence-electron chi connectivity index (χ4n) is 2.41. The van der Waals surface area contributed by atoms with Gasteiger partial charge in [0.25, 0.3) is 0 Å². The lowest BCUT2D eigenvalue weighted by atomic mass is 10.1. The van der Waals surface area contributed by atoms with E-state index in [2.05, 4.69) is 61.9 Å². The molecule has 0 amide bonds. The van der Waals surface area contributed by atoms with Crippen molar-refractivity contribution < 1.29 is 4.74 Å². The quantitative estimate of drug-likeness (QED) is 0.695.